The summed E-state index contributed by atoms with van der Waals surface area (Å²) in [6.07, 6.45) is 0.725. The Hall–Kier alpha value is -2.43. The Bertz CT molecular complexity index is 572. The van der Waals surface area contributed by atoms with Gasteiger partial charge >= 0.3 is 11.9 Å². The molecule has 20 heavy (non-hydrogen) atoms. The molecule has 1 aromatic rings. The predicted octanol–water partition coefficient (Wildman–Crippen LogP) is 2.44. The van der Waals surface area contributed by atoms with Gasteiger partial charge in [-0.15, -0.1) is 0 Å². The fraction of sp³-hybridized carbons (Fsp3) is 0.267. The zero-order chi connectivity index (χ0) is 15.3. The lowest BCUT2D eigenvalue weighted by Gasteiger charge is -2.09. The first-order valence-electron chi connectivity index (χ1n) is 6.03. The van der Waals surface area contributed by atoms with Crippen molar-refractivity contribution >= 4 is 18.2 Å². The molecule has 0 saturated carbocycles. The number of rotatable bonds is 6. The zero-order valence-electron chi connectivity index (χ0n) is 11.4. The van der Waals surface area contributed by atoms with Crippen LogP contribution in [0.1, 0.15) is 34.3 Å². The van der Waals surface area contributed by atoms with Crippen LogP contribution in [0, 0.1) is 13.8 Å². The maximum absolute atomic E-state index is 11.6. The third-order valence-corrected chi connectivity index (χ3v) is 2.85. The highest BCUT2D eigenvalue weighted by atomic mass is 16.5. The molecule has 0 aromatic heterocycles. The standard InChI is InChI=1S/C15H16O5/c1-9(15(18)19)4-5-14(17)20-13-7-10(2)12(8-16)6-11(13)3/h6-8H,1,4-5H2,2-3H3,(H,18,19). The molecule has 5 heteroatoms. The van der Waals surface area contributed by atoms with Gasteiger partial charge in [-0.05, 0) is 43.5 Å². The second kappa shape index (κ2) is 6.65. The molecule has 0 spiro atoms. The molecule has 0 aliphatic carbocycles. The van der Waals surface area contributed by atoms with Gasteiger partial charge in [0.1, 0.15) is 12.0 Å². The molecule has 0 saturated heterocycles. The summed E-state index contributed by atoms with van der Waals surface area (Å²) in [6.45, 7) is 6.81. The largest absolute Gasteiger partial charge is 0.478 e. The summed E-state index contributed by atoms with van der Waals surface area (Å²) in [5.41, 5.74) is 1.89. The van der Waals surface area contributed by atoms with Crippen molar-refractivity contribution in [1.82, 2.24) is 0 Å². The third-order valence-electron chi connectivity index (χ3n) is 2.85. The Morgan fingerprint density at radius 3 is 2.45 bits per heavy atom. The van der Waals surface area contributed by atoms with E-state index in [0.29, 0.717) is 22.4 Å². The number of hydrogen-bond donors (Lipinski definition) is 1. The van der Waals surface area contributed by atoms with Crippen molar-refractivity contribution < 1.29 is 24.2 Å². The third kappa shape index (κ3) is 4.05. The molecule has 0 radical (unpaired) electrons. The second-order valence-electron chi connectivity index (χ2n) is 4.47. The van der Waals surface area contributed by atoms with Gasteiger partial charge in [-0.3, -0.25) is 9.59 Å². The van der Waals surface area contributed by atoms with Gasteiger partial charge in [-0.1, -0.05) is 6.58 Å². The normalized spacial score (nSPS) is 9.90. The van der Waals surface area contributed by atoms with Crippen molar-refractivity contribution in [3.8, 4) is 5.75 Å². The number of esters is 1. The van der Waals surface area contributed by atoms with Crippen molar-refractivity contribution in [2.24, 2.45) is 0 Å². The number of carbonyl (C=O) groups excluding carboxylic acids is 2. The van der Waals surface area contributed by atoms with Crippen LogP contribution in [0.5, 0.6) is 5.75 Å². The molecule has 0 amide bonds. The Balaban J connectivity index is 2.71. The van der Waals surface area contributed by atoms with Gasteiger partial charge in [0.05, 0.1) is 6.42 Å². The Labute approximate surface area is 116 Å². The summed E-state index contributed by atoms with van der Waals surface area (Å²) in [6, 6.07) is 3.25. The van der Waals surface area contributed by atoms with Crippen LogP contribution in [0.3, 0.4) is 0 Å². The Morgan fingerprint density at radius 2 is 1.90 bits per heavy atom. The van der Waals surface area contributed by atoms with E-state index in [1.54, 1.807) is 26.0 Å². The highest BCUT2D eigenvalue weighted by Crippen LogP contribution is 2.22. The molecule has 0 heterocycles. The van der Waals surface area contributed by atoms with Gasteiger partial charge in [0, 0.05) is 11.1 Å². The average molecular weight is 276 g/mol. The molecule has 0 bridgehead atoms. The number of carbonyl (C=O) groups is 3. The zero-order valence-corrected chi connectivity index (χ0v) is 11.4. The quantitative estimate of drug-likeness (QED) is 0.373. The molecule has 5 nitrogen and oxygen atoms in total. The molecule has 0 fully saturated rings. The lowest BCUT2D eigenvalue weighted by molar-refractivity contribution is -0.134. The van der Waals surface area contributed by atoms with Crippen LogP contribution in [0.2, 0.25) is 0 Å². The van der Waals surface area contributed by atoms with Crippen LogP contribution in [0.15, 0.2) is 24.3 Å². The van der Waals surface area contributed by atoms with Crippen LogP contribution in [0.25, 0.3) is 0 Å². The monoisotopic (exact) mass is 276 g/mol. The number of carboxylic acids is 1. The predicted molar refractivity (Wildman–Crippen MR) is 72.9 cm³/mol. The SMILES string of the molecule is C=C(CCC(=O)Oc1cc(C)c(C=O)cc1C)C(=O)O. The van der Waals surface area contributed by atoms with Crippen molar-refractivity contribution in [1.29, 1.82) is 0 Å². The minimum Gasteiger partial charge on any atom is -0.478 e. The molecule has 106 valence electrons. The fourth-order valence-corrected chi connectivity index (χ4v) is 1.58. The number of aldehydes is 1. The molecule has 1 rings (SSSR count). The topological polar surface area (TPSA) is 80.7 Å². The van der Waals surface area contributed by atoms with E-state index in [-0.39, 0.29) is 18.4 Å². The van der Waals surface area contributed by atoms with E-state index in [1.165, 1.54) is 0 Å². The highest BCUT2D eigenvalue weighted by molar-refractivity contribution is 5.86. The van der Waals surface area contributed by atoms with Gasteiger partial charge in [-0.2, -0.15) is 0 Å². The van der Waals surface area contributed by atoms with Crippen molar-refractivity contribution in [3.05, 3.63) is 41.0 Å². The van der Waals surface area contributed by atoms with Crippen LogP contribution in [-0.4, -0.2) is 23.3 Å². The highest BCUT2D eigenvalue weighted by Gasteiger charge is 2.12. The van der Waals surface area contributed by atoms with E-state index < -0.39 is 11.9 Å². The number of ether oxygens (including phenoxy) is 1. The van der Waals surface area contributed by atoms with Crippen LogP contribution >= 0.6 is 0 Å². The van der Waals surface area contributed by atoms with E-state index in [4.69, 9.17) is 9.84 Å². The van der Waals surface area contributed by atoms with Crippen molar-refractivity contribution in [3.63, 3.8) is 0 Å². The summed E-state index contributed by atoms with van der Waals surface area (Å²) < 4.78 is 5.17. The van der Waals surface area contributed by atoms with E-state index >= 15 is 0 Å². The number of carboxylic acid groups (broad SMARTS) is 1. The van der Waals surface area contributed by atoms with Crippen LogP contribution in [0.4, 0.5) is 0 Å². The summed E-state index contributed by atoms with van der Waals surface area (Å²) in [5.74, 6) is -1.28. The van der Waals surface area contributed by atoms with Crippen molar-refractivity contribution in [2.75, 3.05) is 0 Å². The van der Waals surface area contributed by atoms with Gasteiger partial charge in [0.2, 0.25) is 0 Å². The first kappa shape index (κ1) is 15.6. The van der Waals surface area contributed by atoms with Gasteiger partial charge < -0.3 is 9.84 Å². The number of hydrogen-bond acceptors (Lipinski definition) is 4. The molecule has 0 aliphatic rings. The molecule has 1 N–H and O–H groups in total. The van der Waals surface area contributed by atoms with Gasteiger partial charge in [0.15, 0.2) is 0 Å². The molecule has 0 aliphatic heterocycles. The Kier molecular flexibility index (Phi) is 5.20. The van der Waals surface area contributed by atoms with E-state index in [9.17, 15) is 14.4 Å². The van der Waals surface area contributed by atoms with E-state index in [1.807, 2.05) is 0 Å². The maximum atomic E-state index is 11.6. The number of aliphatic carboxylic acids is 1. The van der Waals surface area contributed by atoms with Gasteiger partial charge in [-0.25, -0.2) is 4.79 Å². The number of aryl methyl sites for hydroxylation is 2. The summed E-state index contributed by atoms with van der Waals surface area (Å²) in [4.78, 5) is 33.0. The van der Waals surface area contributed by atoms with Crippen LogP contribution < -0.4 is 4.74 Å². The summed E-state index contributed by atoms with van der Waals surface area (Å²) in [7, 11) is 0. The summed E-state index contributed by atoms with van der Waals surface area (Å²) in [5, 5.41) is 8.64. The lowest BCUT2D eigenvalue weighted by Crippen LogP contribution is -2.11. The molecule has 1 aromatic carbocycles. The lowest BCUT2D eigenvalue weighted by atomic mass is 10.1. The smallest absolute Gasteiger partial charge is 0.330 e. The molecule has 0 unspecified atom stereocenters. The maximum Gasteiger partial charge on any atom is 0.330 e. The second-order valence-corrected chi connectivity index (χ2v) is 4.47. The minimum absolute atomic E-state index is 0.0360. The first-order valence-corrected chi connectivity index (χ1v) is 6.03. The van der Waals surface area contributed by atoms with Crippen LogP contribution in [-0.2, 0) is 9.59 Å². The Morgan fingerprint density at radius 1 is 1.25 bits per heavy atom. The van der Waals surface area contributed by atoms with Crippen molar-refractivity contribution in [2.45, 2.75) is 26.7 Å². The minimum atomic E-state index is -1.12. The molecular formula is C15H16O5. The van der Waals surface area contributed by atoms with Gasteiger partial charge in [0.25, 0.3) is 0 Å². The number of benzene rings is 1. The molecule has 0 atom stereocenters. The van der Waals surface area contributed by atoms with E-state index in [2.05, 4.69) is 6.58 Å². The molecular weight excluding hydrogens is 260 g/mol. The first-order chi connectivity index (χ1) is 9.35. The average Bonchev–Trinajstić information content (AvgIpc) is 2.39. The van der Waals surface area contributed by atoms with E-state index in [0.717, 1.165) is 6.29 Å². The summed E-state index contributed by atoms with van der Waals surface area (Å²) >= 11 is 0. The fourth-order valence-electron chi connectivity index (χ4n) is 1.58.